The van der Waals surface area contributed by atoms with Crippen molar-refractivity contribution in [3.63, 3.8) is 0 Å². The van der Waals surface area contributed by atoms with Crippen LogP contribution < -0.4 is 9.80 Å². The van der Waals surface area contributed by atoms with E-state index < -0.39 is 0 Å². The van der Waals surface area contributed by atoms with Gasteiger partial charge in [0.15, 0.2) is 0 Å². The van der Waals surface area contributed by atoms with Crippen LogP contribution in [0.25, 0.3) is 17.7 Å². The smallest absolute Gasteiger partial charge is 0.0457 e. The molecule has 0 bridgehead atoms. The SMILES string of the molecule is CN(C)c1ccc(N(C=C(c2ccccc2)c2ccccc2)c2ccc(/C=C/C=C/c3ccccc3)cc2)cc1. The third kappa shape index (κ3) is 6.86. The minimum absolute atomic E-state index is 1.10. The lowest BCUT2D eigenvalue weighted by molar-refractivity contribution is 1.13. The molecule has 0 aliphatic carbocycles. The van der Waals surface area contributed by atoms with Gasteiger partial charge in [-0.05, 0) is 58.7 Å². The van der Waals surface area contributed by atoms with Gasteiger partial charge in [-0.1, -0.05) is 127 Å². The van der Waals surface area contributed by atoms with Gasteiger partial charge in [0.25, 0.3) is 0 Å². The summed E-state index contributed by atoms with van der Waals surface area (Å²) in [5.74, 6) is 0. The summed E-state index contributed by atoms with van der Waals surface area (Å²) in [5, 5.41) is 0. The molecule has 0 fully saturated rings. The van der Waals surface area contributed by atoms with Gasteiger partial charge in [-0.15, -0.1) is 0 Å². The van der Waals surface area contributed by atoms with Gasteiger partial charge in [-0.25, -0.2) is 0 Å². The van der Waals surface area contributed by atoms with E-state index in [1.807, 2.05) is 6.07 Å². The molecule has 0 spiro atoms. The standard InChI is InChI=1S/C38H34N2/c1-39(2)35-26-28-37(29-27-35)40(30-38(33-18-8-4-9-19-33)34-20-10-5-11-21-34)36-24-22-32(23-25-36)17-13-12-16-31-14-6-3-7-15-31/h3-30H,1-2H3/b16-12+,17-13+. The first-order valence-electron chi connectivity index (χ1n) is 13.6. The number of allylic oxidation sites excluding steroid dienone is 2. The van der Waals surface area contributed by atoms with E-state index in [1.54, 1.807) is 0 Å². The molecule has 2 nitrogen and oxygen atoms in total. The van der Waals surface area contributed by atoms with Gasteiger partial charge in [0.1, 0.15) is 0 Å². The molecule has 0 atom stereocenters. The van der Waals surface area contributed by atoms with Crippen molar-refractivity contribution in [3.05, 3.63) is 180 Å². The molecule has 0 saturated heterocycles. The second-order valence-corrected chi connectivity index (χ2v) is 9.78. The van der Waals surface area contributed by atoms with Crippen LogP contribution in [-0.2, 0) is 0 Å². The Hall–Kier alpha value is -5.08. The molecule has 0 aromatic heterocycles. The van der Waals surface area contributed by atoms with E-state index >= 15 is 0 Å². The van der Waals surface area contributed by atoms with Crippen LogP contribution >= 0.6 is 0 Å². The maximum Gasteiger partial charge on any atom is 0.0457 e. The molecule has 0 N–H and O–H groups in total. The first-order chi connectivity index (χ1) is 19.7. The summed E-state index contributed by atoms with van der Waals surface area (Å²) < 4.78 is 0. The van der Waals surface area contributed by atoms with Gasteiger partial charge in [-0.2, -0.15) is 0 Å². The summed E-state index contributed by atoms with van der Waals surface area (Å²) >= 11 is 0. The second kappa shape index (κ2) is 13.1. The molecule has 0 radical (unpaired) electrons. The predicted molar refractivity (Wildman–Crippen MR) is 174 cm³/mol. The molecule has 0 amide bonds. The van der Waals surface area contributed by atoms with Crippen molar-refractivity contribution in [3.8, 4) is 0 Å². The minimum atomic E-state index is 1.10. The van der Waals surface area contributed by atoms with Crippen LogP contribution in [0, 0.1) is 0 Å². The van der Waals surface area contributed by atoms with Crippen LogP contribution in [0.4, 0.5) is 17.1 Å². The van der Waals surface area contributed by atoms with Gasteiger partial charge in [0.05, 0.1) is 0 Å². The maximum atomic E-state index is 2.28. The van der Waals surface area contributed by atoms with Crippen LogP contribution in [0.5, 0.6) is 0 Å². The lowest BCUT2D eigenvalue weighted by Crippen LogP contribution is -2.12. The van der Waals surface area contributed by atoms with E-state index in [4.69, 9.17) is 0 Å². The first-order valence-corrected chi connectivity index (χ1v) is 13.6. The van der Waals surface area contributed by atoms with Gasteiger partial charge >= 0.3 is 0 Å². The molecular formula is C38H34N2. The Labute approximate surface area is 238 Å². The summed E-state index contributed by atoms with van der Waals surface area (Å²) in [5.41, 5.74) is 9.22. The highest BCUT2D eigenvalue weighted by atomic mass is 15.1. The Morgan fingerprint density at radius 1 is 0.450 bits per heavy atom. The first kappa shape index (κ1) is 26.5. The second-order valence-electron chi connectivity index (χ2n) is 9.78. The Morgan fingerprint density at radius 2 is 0.850 bits per heavy atom. The molecule has 0 aliphatic heterocycles. The lowest BCUT2D eigenvalue weighted by Gasteiger charge is -2.24. The molecule has 0 heterocycles. The largest absolute Gasteiger partial charge is 0.378 e. The van der Waals surface area contributed by atoms with Crippen LogP contribution in [-0.4, -0.2) is 14.1 Å². The van der Waals surface area contributed by atoms with Crippen molar-refractivity contribution in [2.45, 2.75) is 0 Å². The zero-order valence-electron chi connectivity index (χ0n) is 23.1. The predicted octanol–water partition coefficient (Wildman–Crippen LogP) is 9.71. The summed E-state index contributed by atoms with van der Waals surface area (Å²) in [6.07, 6.45) is 10.7. The Morgan fingerprint density at radius 3 is 1.32 bits per heavy atom. The van der Waals surface area contributed by atoms with Crippen molar-refractivity contribution < 1.29 is 0 Å². The number of hydrogen-bond acceptors (Lipinski definition) is 2. The molecule has 0 aliphatic rings. The van der Waals surface area contributed by atoms with E-state index in [1.165, 1.54) is 22.4 Å². The summed E-state index contributed by atoms with van der Waals surface area (Å²) in [4.78, 5) is 4.40. The highest BCUT2D eigenvalue weighted by Gasteiger charge is 2.12. The number of anilines is 3. The molecule has 0 unspecified atom stereocenters. The summed E-state index contributed by atoms with van der Waals surface area (Å²) in [6, 6.07) is 48.9. The average Bonchev–Trinajstić information content (AvgIpc) is 3.02. The van der Waals surface area contributed by atoms with Gasteiger partial charge in [0.2, 0.25) is 0 Å². The Kier molecular flexibility index (Phi) is 8.70. The molecule has 2 heteroatoms. The third-order valence-electron chi connectivity index (χ3n) is 6.73. The quantitative estimate of drug-likeness (QED) is 0.179. The van der Waals surface area contributed by atoms with Crippen molar-refractivity contribution in [2.75, 3.05) is 23.9 Å². The van der Waals surface area contributed by atoms with Crippen LogP contribution in [0.3, 0.4) is 0 Å². The van der Waals surface area contributed by atoms with Gasteiger partial charge in [0, 0.05) is 42.9 Å². The normalized spacial score (nSPS) is 11.1. The topological polar surface area (TPSA) is 6.48 Å². The molecule has 0 saturated carbocycles. The van der Waals surface area contributed by atoms with Crippen LogP contribution in [0.2, 0.25) is 0 Å². The third-order valence-corrected chi connectivity index (χ3v) is 6.73. The van der Waals surface area contributed by atoms with E-state index in [-0.39, 0.29) is 0 Å². The fourth-order valence-corrected chi connectivity index (χ4v) is 4.53. The van der Waals surface area contributed by atoms with E-state index in [2.05, 4.69) is 188 Å². The van der Waals surface area contributed by atoms with Gasteiger partial charge < -0.3 is 9.80 Å². The average molecular weight is 519 g/mol. The number of nitrogens with zero attached hydrogens (tertiary/aromatic N) is 2. The fourth-order valence-electron chi connectivity index (χ4n) is 4.53. The minimum Gasteiger partial charge on any atom is -0.378 e. The number of benzene rings is 5. The van der Waals surface area contributed by atoms with Crippen molar-refractivity contribution >= 4 is 34.8 Å². The fraction of sp³-hybridized carbons (Fsp3) is 0.0526. The Balaban J connectivity index is 1.51. The lowest BCUT2D eigenvalue weighted by atomic mass is 9.98. The van der Waals surface area contributed by atoms with Crippen LogP contribution in [0.1, 0.15) is 22.3 Å². The summed E-state index contributed by atoms with van der Waals surface area (Å²) in [6.45, 7) is 0. The molecule has 196 valence electrons. The van der Waals surface area contributed by atoms with Crippen molar-refractivity contribution in [1.29, 1.82) is 0 Å². The molecule has 5 aromatic rings. The number of rotatable bonds is 9. The van der Waals surface area contributed by atoms with E-state index in [9.17, 15) is 0 Å². The van der Waals surface area contributed by atoms with Crippen molar-refractivity contribution in [1.82, 2.24) is 0 Å². The zero-order chi connectivity index (χ0) is 27.6. The summed E-state index contributed by atoms with van der Waals surface area (Å²) in [7, 11) is 4.13. The molecule has 5 rings (SSSR count). The highest BCUT2D eigenvalue weighted by Crippen LogP contribution is 2.32. The Bertz CT molecular complexity index is 1520. The van der Waals surface area contributed by atoms with Gasteiger partial charge in [-0.3, -0.25) is 0 Å². The molecule has 40 heavy (non-hydrogen) atoms. The maximum absolute atomic E-state index is 2.28. The van der Waals surface area contributed by atoms with E-state index in [0.717, 1.165) is 22.5 Å². The van der Waals surface area contributed by atoms with E-state index in [0.29, 0.717) is 0 Å². The number of hydrogen-bond donors (Lipinski definition) is 0. The molecular weight excluding hydrogens is 484 g/mol. The zero-order valence-corrected chi connectivity index (χ0v) is 23.1. The monoisotopic (exact) mass is 518 g/mol. The van der Waals surface area contributed by atoms with Crippen molar-refractivity contribution in [2.24, 2.45) is 0 Å². The van der Waals surface area contributed by atoms with Crippen LogP contribution in [0.15, 0.2) is 158 Å². The highest BCUT2D eigenvalue weighted by molar-refractivity contribution is 5.84. The molecule has 5 aromatic carbocycles.